The zero-order chi connectivity index (χ0) is 15.9. The second-order valence-electron chi connectivity index (χ2n) is 4.79. The van der Waals surface area contributed by atoms with Gasteiger partial charge < -0.3 is 15.2 Å². The predicted molar refractivity (Wildman–Crippen MR) is 87.1 cm³/mol. The fraction of sp³-hybridized carbons (Fsp3) is 0.125. The van der Waals surface area contributed by atoms with Crippen LogP contribution in [0.1, 0.15) is 17.3 Å². The van der Waals surface area contributed by atoms with Gasteiger partial charge in [-0.1, -0.05) is 12.1 Å². The third kappa shape index (κ3) is 2.17. The van der Waals surface area contributed by atoms with Crippen molar-refractivity contribution in [2.45, 2.75) is 6.92 Å². The lowest BCUT2D eigenvalue weighted by molar-refractivity contribution is -0.114. The highest BCUT2D eigenvalue weighted by Gasteiger charge is 2.18. The van der Waals surface area contributed by atoms with E-state index in [1.54, 1.807) is 19.2 Å². The summed E-state index contributed by atoms with van der Waals surface area (Å²) in [5.74, 6) is -0.540. The summed E-state index contributed by atoms with van der Waals surface area (Å²) in [6.45, 7) is 1.44. The first-order chi connectivity index (χ1) is 10.5. The van der Waals surface area contributed by atoms with Gasteiger partial charge in [-0.2, -0.15) is 0 Å². The normalized spacial score (nSPS) is 10.8. The fourth-order valence-corrected chi connectivity index (χ4v) is 3.79. The summed E-state index contributed by atoms with van der Waals surface area (Å²) in [4.78, 5) is 22.8. The van der Waals surface area contributed by atoms with E-state index < -0.39 is 5.97 Å². The molecule has 22 heavy (non-hydrogen) atoms. The first-order valence-electron chi connectivity index (χ1n) is 6.56. The summed E-state index contributed by atoms with van der Waals surface area (Å²) in [7, 11) is 1.55. The van der Waals surface area contributed by atoms with Crippen molar-refractivity contribution in [3.8, 4) is 5.75 Å². The zero-order valence-corrected chi connectivity index (χ0v) is 12.8. The van der Waals surface area contributed by atoms with E-state index in [-0.39, 0.29) is 11.5 Å². The van der Waals surface area contributed by atoms with Crippen molar-refractivity contribution in [1.29, 1.82) is 0 Å². The lowest BCUT2D eigenvalue weighted by atomic mass is 10.1. The maximum atomic E-state index is 11.5. The van der Waals surface area contributed by atoms with E-state index in [4.69, 9.17) is 4.74 Å². The summed E-state index contributed by atoms with van der Waals surface area (Å²) in [6, 6.07) is 8.71. The molecule has 1 amide bonds. The minimum absolute atomic E-state index is 0.171. The Hall–Kier alpha value is -2.60. The topological polar surface area (TPSA) is 75.6 Å². The van der Waals surface area contributed by atoms with Crippen molar-refractivity contribution in [3.63, 3.8) is 0 Å². The molecule has 0 unspecified atom stereocenters. The second kappa shape index (κ2) is 5.31. The van der Waals surface area contributed by atoms with Gasteiger partial charge in [0, 0.05) is 17.7 Å². The molecule has 0 saturated carbocycles. The molecule has 0 radical (unpaired) electrons. The van der Waals surface area contributed by atoms with Gasteiger partial charge in [0.2, 0.25) is 5.91 Å². The van der Waals surface area contributed by atoms with Gasteiger partial charge in [0.05, 0.1) is 27.8 Å². The highest BCUT2D eigenvalue weighted by atomic mass is 32.1. The molecule has 6 heteroatoms. The molecular weight excluding hydrogens is 302 g/mol. The van der Waals surface area contributed by atoms with E-state index in [1.807, 2.05) is 12.1 Å². The van der Waals surface area contributed by atoms with Crippen LogP contribution in [0, 0.1) is 0 Å². The van der Waals surface area contributed by atoms with Crippen molar-refractivity contribution < 1.29 is 19.4 Å². The van der Waals surface area contributed by atoms with Crippen LogP contribution in [0.25, 0.3) is 20.2 Å². The highest BCUT2D eigenvalue weighted by molar-refractivity contribution is 7.26. The van der Waals surface area contributed by atoms with E-state index >= 15 is 0 Å². The summed E-state index contributed by atoms with van der Waals surface area (Å²) < 4.78 is 6.85. The van der Waals surface area contributed by atoms with Gasteiger partial charge in [-0.05, 0) is 18.2 Å². The van der Waals surface area contributed by atoms with Crippen LogP contribution in [0.4, 0.5) is 5.69 Å². The number of nitrogens with one attached hydrogen (secondary N) is 1. The van der Waals surface area contributed by atoms with E-state index in [0.29, 0.717) is 16.1 Å². The Morgan fingerprint density at radius 2 is 1.95 bits per heavy atom. The molecule has 0 spiro atoms. The first-order valence-corrected chi connectivity index (χ1v) is 7.37. The van der Waals surface area contributed by atoms with Gasteiger partial charge in [0.15, 0.2) is 0 Å². The number of ether oxygens (including phenoxy) is 1. The van der Waals surface area contributed by atoms with E-state index in [9.17, 15) is 14.7 Å². The molecule has 2 aromatic carbocycles. The monoisotopic (exact) mass is 315 g/mol. The van der Waals surface area contributed by atoms with Crippen LogP contribution in [-0.4, -0.2) is 24.1 Å². The minimum atomic E-state index is -0.986. The number of anilines is 1. The molecule has 0 bridgehead atoms. The maximum absolute atomic E-state index is 11.5. The molecule has 3 rings (SSSR count). The average molecular weight is 315 g/mol. The number of carboxylic acid groups (broad SMARTS) is 1. The fourth-order valence-electron chi connectivity index (χ4n) is 2.50. The summed E-state index contributed by atoms with van der Waals surface area (Å²) in [6.07, 6.45) is 0. The second-order valence-corrected chi connectivity index (χ2v) is 5.81. The Kier molecular flexibility index (Phi) is 3.46. The number of carbonyl (C=O) groups excluding carboxylic acids is 1. The molecule has 5 nitrogen and oxygen atoms in total. The molecule has 0 aliphatic heterocycles. The van der Waals surface area contributed by atoms with Gasteiger partial charge in [0.1, 0.15) is 5.75 Å². The van der Waals surface area contributed by atoms with E-state index in [1.165, 1.54) is 24.3 Å². The summed E-state index contributed by atoms with van der Waals surface area (Å²) >= 11 is 1.34. The average Bonchev–Trinajstić information content (AvgIpc) is 2.86. The SMILES string of the molecule is COc1ccc(C(=O)O)c2sc3c(NC(C)=O)cccc3c12. The Balaban J connectivity index is 2.44. The van der Waals surface area contributed by atoms with Gasteiger partial charge in [0.25, 0.3) is 0 Å². The third-order valence-electron chi connectivity index (χ3n) is 3.37. The lowest BCUT2D eigenvalue weighted by Crippen LogP contribution is -2.05. The minimum Gasteiger partial charge on any atom is -0.496 e. The van der Waals surface area contributed by atoms with E-state index in [0.717, 1.165) is 15.5 Å². The number of carbonyl (C=O) groups is 2. The van der Waals surface area contributed by atoms with Crippen molar-refractivity contribution in [2.75, 3.05) is 12.4 Å². The van der Waals surface area contributed by atoms with Gasteiger partial charge in [-0.25, -0.2) is 4.79 Å². The Labute approximate surface area is 130 Å². The van der Waals surface area contributed by atoms with Crippen LogP contribution in [0.15, 0.2) is 30.3 Å². The number of thiophene rings is 1. The van der Waals surface area contributed by atoms with Crippen molar-refractivity contribution in [3.05, 3.63) is 35.9 Å². The number of methoxy groups -OCH3 is 1. The number of amides is 1. The molecule has 0 saturated heterocycles. The van der Waals surface area contributed by atoms with Crippen LogP contribution in [0.2, 0.25) is 0 Å². The molecule has 0 aliphatic carbocycles. The lowest BCUT2D eigenvalue weighted by Gasteiger charge is -2.05. The number of fused-ring (bicyclic) bond motifs is 3. The number of carboxylic acids is 1. The van der Waals surface area contributed by atoms with Crippen LogP contribution in [-0.2, 0) is 4.79 Å². The van der Waals surface area contributed by atoms with Gasteiger partial charge in [-0.15, -0.1) is 11.3 Å². The number of aromatic carboxylic acids is 1. The molecular formula is C16H13NO4S. The molecule has 2 N–H and O–H groups in total. The van der Waals surface area contributed by atoms with Crippen LogP contribution in [0.5, 0.6) is 5.75 Å². The standard InChI is InChI=1S/C16H13NO4S/c1-8(18)17-11-5-3-4-9-13-12(21-2)7-6-10(16(19)20)15(13)22-14(9)11/h3-7H,1-2H3,(H,17,18)(H,19,20). The van der Waals surface area contributed by atoms with Crippen LogP contribution >= 0.6 is 11.3 Å². The highest BCUT2D eigenvalue weighted by Crippen LogP contribution is 2.43. The van der Waals surface area contributed by atoms with Crippen molar-refractivity contribution in [2.24, 2.45) is 0 Å². The zero-order valence-electron chi connectivity index (χ0n) is 12.0. The molecule has 3 aromatic rings. The van der Waals surface area contributed by atoms with E-state index in [2.05, 4.69) is 5.32 Å². The number of hydrogen-bond acceptors (Lipinski definition) is 4. The smallest absolute Gasteiger partial charge is 0.337 e. The summed E-state index contributed by atoms with van der Waals surface area (Å²) in [5, 5.41) is 13.8. The first kappa shape index (κ1) is 14.3. The molecule has 0 fully saturated rings. The van der Waals surface area contributed by atoms with Crippen molar-refractivity contribution in [1.82, 2.24) is 0 Å². The Morgan fingerprint density at radius 1 is 1.18 bits per heavy atom. The van der Waals surface area contributed by atoms with Crippen LogP contribution in [0.3, 0.4) is 0 Å². The van der Waals surface area contributed by atoms with Crippen LogP contribution < -0.4 is 10.1 Å². The summed E-state index contributed by atoms with van der Waals surface area (Å²) in [5.41, 5.74) is 0.898. The maximum Gasteiger partial charge on any atom is 0.337 e. The molecule has 0 aliphatic rings. The van der Waals surface area contributed by atoms with Gasteiger partial charge in [-0.3, -0.25) is 4.79 Å². The van der Waals surface area contributed by atoms with Gasteiger partial charge >= 0.3 is 5.97 Å². The molecule has 1 aromatic heterocycles. The van der Waals surface area contributed by atoms with Crippen molar-refractivity contribution >= 4 is 49.1 Å². The number of rotatable bonds is 3. The largest absolute Gasteiger partial charge is 0.496 e. The quantitative estimate of drug-likeness (QED) is 0.772. The molecule has 0 atom stereocenters. The predicted octanol–water partition coefficient (Wildman–Crippen LogP) is 3.72. The Morgan fingerprint density at radius 3 is 2.59 bits per heavy atom. The molecule has 1 heterocycles. The number of benzene rings is 2. The third-order valence-corrected chi connectivity index (χ3v) is 4.64. The Bertz CT molecular complexity index is 913. The number of hydrogen-bond donors (Lipinski definition) is 2. The molecule has 112 valence electrons.